The SMILES string of the molecule is Br.NCC1Cc2ccc(-c3ccc(=O)[nH]n3)cc2C1. The minimum Gasteiger partial charge on any atom is -0.330 e. The van der Waals surface area contributed by atoms with E-state index in [4.69, 9.17) is 5.73 Å². The second-order valence-corrected chi connectivity index (χ2v) is 4.80. The number of hydrogen-bond acceptors (Lipinski definition) is 3. The van der Waals surface area contributed by atoms with Crippen molar-refractivity contribution in [1.29, 1.82) is 0 Å². The number of rotatable bonds is 2. The number of hydrogen-bond donors (Lipinski definition) is 2. The maximum Gasteiger partial charge on any atom is 0.264 e. The summed E-state index contributed by atoms with van der Waals surface area (Å²) in [6.07, 6.45) is 2.12. The van der Waals surface area contributed by atoms with Crippen molar-refractivity contribution in [2.75, 3.05) is 6.54 Å². The van der Waals surface area contributed by atoms with Crippen molar-refractivity contribution < 1.29 is 0 Å². The molecule has 3 N–H and O–H groups in total. The van der Waals surface area contributed by atoms with Gasteiger partial charge in [0.05, 0.1) is 5.69 Å². The molecule has 1 aliphatic carbocycles. The van der Waals surface area contributed by atoms with Crippen molar-refractivity contribution in [3.63, 3.8) is 0 Å². The smallest absolute Gasteiger partial charge is 0.264 e. The molecule has 19 heavy (non-hydrogen) atoms. The summed E-state index contributed by atoms with van der Waals surface area (Å²) in [5.41, 5.74) is 10.1. The third kappa shape index (κ3) is 2.77. The van der Waals surface area contributed by atoms with Gasteiger partial charge in [0.1, 0.15) is 0 Å². The zero-order valence-electron chi connectivity index (χ0n) is 10.4. The minimum absolute atomic E-state index is 0. The second kappa shape index (κ2) is 5.67. The number of nitrogens with two attached hydrogens (primary N) is 1. The summed E-state index contributed by atoms with van der Waals surface area (Å²) in [5.74, 6) is 0.568. The van der Waals surface area contributed by atoms with E-state index in [0.29, 0.717) is 5.92 Å². The largest absolute Gasteiger partial charge is 0.330 e. The molecule has 1 aromatic heterocycles. The minimum atomic E-state index is -0.178. The van der Waals surface area contributed by atoms with Crippen molar-refractivity contribution in [3.05, 3.63) is 51.8 Å². The summed E-state index contributed by atoms with van der Waals surface area (Å²) in [4.78, 5) is 11.0. The van der Waals surface area contributed by atoms with Crippen molar-refractivity contribution in [1.82, 2.24) is 10.2 Å². The van der Waals surface area contributed by atoms with Crippen LogP contribution >= 0.6 is 17.0 Å². The van der Waals surface area contributed by atoms with Gasteiger partial charge >= 0.3 is 0 Å². The summed E-state index contributed by atoms with van der Waals surface area (Å²) in [6, 6.07) is 9.60. The quantitative estimate of drug-likeness (QED) is 0.884. The number of aromatic amines is 1. The molecule has 1 atom stereocenters. The molecule has 0 spiro atoms. The molecule has 0 aliphatic heterocycles. The molecule has 0 radical (unpaired) electrons. The Morgan fingerprint density at radius 3 is 2.68 bits per heavy atom. The molecule has 0 fully saturated rings. The maximum absolute atomic E-state index is 11.0. The average Bonchev–Trinajstić information content (AvgIpc) is 2.81. The first-order valence-corrected chi connectivity index (χ1v) is 6.14. The predicted octanol–water partition coefficient (Wildman–Crippen LogP) is 1.69. The van der Waals surface area contributed by atoms with Gasteiger partial charge in [-0.25, -0.2) is 5.10 Å². The first kappa shape index (κ1) is 14.0. The molecule has 0 saturated heterocycles. The number of nitrogens with zero attached hydrogens (tertiary/aromatic N) is 1. The van der Waals surface area contributed by atoms with Gasteiger partial charge in [0.15, 0.2) is 0 Å². The molecule has 0 saturated carbocycles. The number of fused-ring (bicyclic) bond motifs is 1. The Morgan fingerprint density at radius 2 is 2.00 bits per heavy atom. The Bertz CT molecular complexity index is 618. The van der Waals surface area contributed by atoms with Gasteiger partial charge in [0.25, 0.3) is 5.56 Å². The topological polar surface area (TPSA) is 71.8 Å². The van der Waals surface area contributed by atoms with E-state index >= 15 is 0 Å². The van der Waals surface area contributed by atoms with Crippen LogP contribution in [0.3, 0.4) is 0 Å². The molecular formula is C14H16BrN3O. The molecule has 2 aromatic rings. The molecule has 5 heteroatoms. The van der Waals surface area contributed by atoms with Crippen molar-refractivity contribution in [3.8, 4) is 11.3 Å². The molecular weight excluding hydrogens is 306 g/mol. The highest BCUT2D eigenvalue weighted by Crippen LogP contribution is 2.29. The van der Waals surface area contributed by atoms with Crippen LogP contribution in [-0.4, -0.2) is 16.7 Å². The third-order valence-electron chi connectivity index (χ3n) is 3.53. The van der Waals surface area contributed by atoms with E-state index in [-0.39, 0.29) is 22.5 Å². The second-order valence-electron chi connectivity index (χ2n) is 4.80. The van der Waals surface area contributed by atoms with E-state index < -0.39 is 0 Å². The summed E-state index contributed by atoms with van der Waals surface area (Å²) >= 11 is 0. The Kier molecular flexibility index (Phi) is 4.17. The fraction of sp³-hybridized carbons (Fsp3) is 0.286. The van der Waals surface area contributed by atoms with E-state index in [1.54, 1.807) is 6.07 Å². The van der Waals surface area contributed by atoms with Crippen LogP contribution in [0.5, 0.6) is 0 Å². The zero-order valence-corrected chi connectivity index (χ0v) is 12.1. The normalized spacial score (nSPS) is 16.8. The van der Waals surface area contributed by atoms with Gasteiger partial charge in [0, 0.05) is 11.6 Å². The Labute approximate surface area is 121 Å². The molecule has 100 valence electrons. The molecule has 0 bridgehead atoms. The fourth-order valence-corrected chi connectivity index (χ4v) is 2.54. The first-order valence-electron chi connectivity index (χ1n) is 6.14. The van der Waals surface area contributed by atoms with E-state index in [1.165, 1.54) is 17.2 Å². The molecule has 1 unspecified atom stereocenters. The van der Waals surface area contributed by atoms with Crippen LogP contribution in [0, 0.1) is 5.92 Å². The number of aromatic nitrogens is 2. The van der Waals surface area contributed by atoms with Gasteiger partial charge in [-0.2, -0.15) is 5.10 Å². The highest BCUT2D eigenvalue weighted by molar-refractivity contribution is 8.93. The lowest BCUT2D eigenvalue weighted by molar-refractivity contribution is 0.575. The Balaban J connectivity index is 0.00000133. The lowest BCUT2D eigenvalue weighted by Gasteiger charge is -2.03. The lowest BCUT2D eigenvalue weighted by atomic mass is 10.0. The van der Waals surface area contributed by atoms with E-state index in [9.17, 15) is 4.79 Å². The van der Waals surface area contributed by atoms with Crippen LogP contribution in [0.4, 0.5) is 0 Å². The summed E-state index contributed by atoms with van der Waals surface area (Å²) in [5, 5.41) is 6.51. The number of benzene rings is 1. The van der Waals surface area contributed by atoms with Gasteiger partial charge in [0.2, 0.25) is 0 Å². The summed E-state index contributed by atoms with van der Waals surface area (Å²) < 4.78 is 0. The molecule has 1 heterocycles. The first-order chi connectivity index (χ1) is 8.76. The zero-order chi connectivity index (χ0) is 12.5. The summed E-state index contributed by atoms with van der Waals surface area (Å²) in [6.45, 7) is 0.737. The van der Waals surface area contributed by atoms with Crippen molar-refractivity contribution in [2.24, 2.45) is 11.7 Å². The highest BCUT2D eigenvalue weighted by Gasteiger charge is 2.20. The van der Waals surface area contributed by atoms with Crippen LogP contribution in [0.1, 0.15) is 11.1 Å². The molecule has 3 rings (SSSR count). The van der Waals surface area contributed by atoms with Crippen LogP contribution in [0.15, 0.2) is 35.1 Å². The third-order valence-corrected chi connectivity index (χ3v) is 3.53. The summed E-state index contributed by atoms with van der Waals surface area (Å²) in [7, 11) is 0. The van der Waals surface area contributed by atoms with Crippen LogP contribution in [0.2, 0.25) is 0 Å². The van der Waals surface area contributed by atoms with Crippen LogP contribution in [0.25, 0.3) is 11.3 Å². The molecule has 1 aliphatic rings. The van der Waals surface area contributed by atoms with Gasteiger partial charge in [-0.05, 0) is 48.6 Å². The van der Waals surface area contributed by atoms with Crippen molar-refractivity contribution >= 4 is 17.0 Å². The molecule has 0 amide bonds. The Morgan fingerprint density at radius 1 is 1.21 bits per heavy atom. The van der Waals surface area contributed by atoms with Crippen LogP contribution < -0.4 is 11.3 Å². The molecule has 1 aromatic carbocycles. The number of nitrogens with one attached hydrogen (secondary N) is 1. The highest BCUT2D eigenvalue weighted by atomic mass is 79.9. The van der Waals surface area contributed by atoms with E-state index in [0.717, 1.165) is 30.6 Å². The van der Waals surface area contributed by atoms with Gasteiger partial charge < -0.3 is 5.73 Å². The number of halogens is 1. The van der Waals surface area contributed by atoms with Crippen LogP contribution in [-0.2, 0) is 12.8 Å². The lowest BCUT2D eigenvalue weighted by Crippen LogP contribution is -2.13. The fourth-order valence-electron chi connectivity index (χ4n) is 2.54. The van der Waals surface area contributed by atoms with E-state index in [2.05, 4.69) is 28.4 Å². The van der Waals surface area contributed by atoms with E-state index in [1.807, 2.05) is 0 Å². The van der Waals surface area contributed by atoms with Gasteiger partial charge in [-0.15, -0.1) is 17.0 Å². The van der Waals surface area contributed by atoms with Gasteiger partial charge in [-0.1, -0.05) is 12.1 Å². The maximum atomic E-state index is 11.0. The number of H-pyrrole nitrogens is 1. The predicted molar refractivity (Wildman–Crippen MR) is 80.6 cm³/mol. The van der Waals surface area contributed by atoms with Gasteiger partial charge in [-0.3, -0.25) is 4.79 Å². The average molecular weight is 322 g/mol. The standard InChI is InChI=1S/C14H15N3O.BrH/c15-8-9-5-10-1-2-11(7-12(10)6-9)13-3-4-14(18)17-16-13;/h1-4,7,9H,5-6,8,15H2,(H,17,18);1H. The monoisotopic (exact) mass is 321 g/mol. The molecule has 4 nitrogen and oxygen atoms in total. The van der Waals surface area contributed by atoms with Crippen molar-refractivity contribution in [2.45, 2.75) is 12.8 Å². The Hall–Kier alpha value is -1.46.